The molecule has 1 aliphatic rings. The van der Waals surface area contributed by atoms with Gasteiger partial charge < -0.3 is 14.5 Å². The van der Waals surface area contributed by atoms with Gasteiger partial charge in [-0.05, 0) is 25.5 Å². The topological polar surface area (TPSA) is 41.5 Å². The van der Waals surface area contributed by atoms with Crippen molar-refractivity contribution in [2.45, 2.75) is 26.4 Å². The Balaban J connectivity index is 1.95. The lowest BCUT2D eigenvalue weighted by Crippen LogP contribution is -2.38. The van der Waals surface area contributed by atoms with Crippen molar-refractivity contribution in [3.8, 4) is 5.88 Å². The molecule has 1 aromatic heterocycles. The smallest absolute Gasteiger partial charge is 0.218 e. The number of anilines is 2. The second-order valence-electron chi connectivity index (χ2n) is 5.63. The number of hydrogen-bond acceptors (Lipinski definition) is 5. The predicted molar refractivity (Wildman–Crippen MR) is 88.6 cm³/mol. The highest BCUT2D eigenvalue weighted by Crippen LogP contribution is 2.29. The van der Waals surface area contributed by atoms with Crippen molar-refractivity contribution in [2.24, 2.45) is 0 Å². The molecule has 0 bridgehead atoms. The lowest BCUT2D eigenvalue weighted by Gasteiger charge is -2.29. The third-order valence-corrected chi connectivity index (χ3v) is 4.03. The Morgan fingerprint density at radius 3 is 2.91 bits per heavy atom. The maximum atomic E-state index is 5.51. The summed E-state index contributed by atoms with van der Waals surface area (Å²) in [6.07, 6.45) is 1.58. The van der Waals surface area contributed by atoms with Crippen LogP contribution in [0.15, 0.2) is 36.7 Å². The van der Waals surface area contributed by atoms with Gasteiger partial charge in [0.25, 0.3) is 0 Å². The van der Waals surface area contributed by atoms with Crippen molar-refractivity contribution >= 4 is 11.5 Å². The van der Waals surface area contributed by atoms with E-state index >= 15 is 0 Å². The maximum Gasteiger partial charge on any atom is 0.218 e. The van der Waals surface area contributed by atoms with Crippen LogP contribution < -0.4 is 14.5 Å². The van der Waals surface area contributed by atoms with Gasteiger partial charge in [-0.1, -0.05) is 18.2 Å². The van der Waals surface area contributed by atoms with E-state index in [-0.39, 0.29) is 0 Å². The number of rotatable bonds is 3. The van der Waals surface area contributed by atoms with E-state index in [9.17, 15) is 0 Å². The summed E-state index contributed by atoms with van der Waals surface area (Å²) in [5.74, 6) is 1.54. The predicted octanol–water partition coefficient (Wildman–Crippen LogP) is 2.72. The molecule has 0 N–H and O–H groups in total. The van der Waals surface area contributed by atoms with Crippen LogP contribution in [0.4, 0.5) is 11.5 Å². The van der Waals surface area contributed by atoms with Crippen LogP contribution in [0, 0.1) is 0 Å². The maximum absolute atomic E-state index is 5.51. The van der Waals surface area contributed by atoms with E-state index in [1.54, 1.807) is 6.33 Å². The minimum absolute atomic E-state index is 0.349. The Kier molecular flexibility index (Phi) is 4.13. The zero-order valence-corrected chi connectivity index (χ0v) is 13.4. The summed E-state index contributed by atoms with van der Waals surface area (Å²) < 4.78 is 5.51. The quantitative estimate of drug-likeness (QED) is 0.871. The molecule has 2 heterocycles. The van der Waals surface area contributed by atoms with E-state index in [4.69, 9.17) is 4.74 Å². The molecule has 3 rings (SSSR count). The highest BCUT2D eigenvalue weighted by molar-refractivity contribution is 5.57. The summed E-state index contributed by atoms with van der Waals surface area (Å²) in [4.78, 5) is 13.2. The lowest BCUT2D eigenvalue weighted by molar-refractivity contribution is 0.326. The van der Waals surface area contributed by atoms with Crippen LogP contribution in [0.1, 0.15) is 19.4 Å². The third-order valence-electron chi connectivity index (χ3n) is 4.03. The Hall–Kier alpha value is -2.30. The molecule has 0 saturated carbocycles. The van der Waals surface area contributed by atoms with E-state index in [1.807, 2.05) is 13.0 Å². The molecule has 0 fully saturated rings. The fourth-order valence-electron chi connectivity index (χ4n) is 2.97. The molecular weight excluding hydrogens is 276 g/mol. The highest BCUT2D eigenvalue weighted by atomic mass is 16.5. The molecule has 0 radical (unpaired) electrons. The largest absolute Gasteiger partial charge is 0.478 e. The summed E-state index contributed by atoms with van der Waals surface area (Å²) >= 11 is 0. The van der Waals surface area contributed by atoms with Gasteiger partial charge in [0.2, 0.25) is 5.88 Å². The molecule has 1 atom stereocenters. The number of nitrogens with zero attached hydrogens (tertiary/aromatic N) is 4. The van der Waals surface area contributed by atoms with Gasteiger partial charge in [-0.3, -0.25) is 0 Å². The van der Waals surface area contributed by atoms with Gasteiger partial charge in [0.1, 0.15) is 12.1 Å². The van der Waals surface area contributed by atoms with Gasteiger partial charge in [0.05, 0.1) is 6.61 Å². The van der Waals surface area contributed by atoms with Crippen molar-refractivity contribution in [1.82, 2.24) is 9.97 Å². The van der Waals surface area contributed by atoms with Crippen molar-refractivity contribution in [2.75, 3.05) is 30.0 Å². The molecule has 116 valence electrons. The van der Waals surface area contributed by atoms with Crippen molar-refractivity contribution in [3.63, 3.8) is 0 Å². The van der Waals surface area contributed by atoms with Gasteiger partial charge >= 0.3 is 0 Å². The third kappa shape index (κ3) is 2.84. The zero-order chi connectivity index (χ0) is 15.5. The van der Waals surface area contributed by atoms with E-state index < -0.39 is 0 Å². The van der Waals surface area contributed by atoms with E-state index in [2.05, 4.69) is 58.0 Å². The molecule has 1 aromatic carbocycles. The lowest BCUT2D eigenvalue weighted by atomic mass is 10.1. The normalized spacial score (nSPS) is 17.9. The Bertz CT molecular complexity index is 646. The summed E-state index contributed by atoms with van der Waals surface area (Å²) in [7, 11) is 2.14. The van der Waals surface area contributed by atoms with Crippen molar-refractivity contribution in [3.05, 3.63) is 42.2 Å². The van der Waals surface area contributed by atoms with Crippen LogP contribution >= 0.6 is 0 Å². The van der Waals surface area contributed by atoms with Crippen LogP contribution in [0.25, 0.3) is 0 Å². The molecule has 1 aliphatic heterocycles. The molecule has 2 aromatic rings. The summed E-state index contributed by atoms with van der Waals surface area (Å²) in [5.41, 5.74) is 2.60. The average molecular weight is 298 g/mol. The van der Waals surface area contributed by atoms with Gasteiger partial charge in [0, 0.05) is 37.9 Å². The molecular formula is C17H22N4O. The molecule has 1 unspecified atom stereocenters. The summed E-state index contributed by atoms with van der Waals surface area (Å²) in [6, 6.07) is 10.8. The van der Waals surface area contributed by atoms with Gasteiger partial charge in [0.15, 0.2) is 0 Å². The molecule has 0 spiro atoms. The first-order valence-corrected chi connectivity index (χ1v) is 7.69. The first kappa shape index (κ1) is 14.6. The van der Waals surface area contributed by atoms with E-state index in [0.29, 0.717) is 18.5 Å². The Morgan fingerprint density at radius 1 is 1.27 bits per heavy atom. The van der Waals surface area contributed by atoms with Crippen LogP contribution in [0.2, 0.25) is 0 Å². The minimum Gasteiger partial charge on any atom is -0.478 e. The number of likely N-dealkylation sites (N-methyl/N-ethyl adjacent to an activating group) is 1. The van der Waals surface area contributed by atoms with Gasteiger partial charge in [-0.15, -0.1) is 0 Å². The van der Waals surface area contributed by atoms with E-state index in [1.165, 1.54) is 11.3 Å². The molecule has 0 amide bonds. The summed E-state index contributed by atoms with van der Waals surface area (Å²) in [5, 5.41) is 0. The molecule has 0 saturated heterocycles. The molecule has 5 nitrogen and oxygen atoms in total. The van der Waals surface area contributed by atoms with Crippen LogP contribution in [0.3, 0.4) is 0 Å². The van der Waals surface area contributed by atoms with Crippen molar-refractivity contribution in [1.29, 1.82) is 0 Å². The Morgan fingerprint density at radius 2 is 2.09 bits per heavy atom. The first-order valence-electron chi connectivity index (χ1n) is 7.69. The first-order chi connectivity index (χ1) is 10.7. The van der Waals surface area contributed by atoms with Gasteiger partial charge in [-0.2, -0.15) is 0 Å². The Labute approximate surface area is 131 Å². The molecule has 0 aliphatic carbocycles. The number of hydrogen-bond donors (Lipinski definition) is 0. The monoisotopic (exact) mass is 298 g/mol. The van der Waals surface area contributed by atoms with E-state index in [0.717, 1.165) is 18.9 Å². The van der Waals surface area contributed by atoms with Crippen molar-refractivity contribution < 1.29 is 4.74 Å². The summed E-state index contributed by atoms with van der Waals surface area (Å²) in [6.45, 7) is 6.58. The van der Waals surface area contributed by atoms with Crippen LogP contribution in [0.5, 0.6) is 5.88 Å². The second kappa shape index (κ2) is 6.22. The minimum atomic E-state index is 0.349. The molecule has 5 heteroatoms. The highest BCUT2D eigenvalue weighted by Gasteiger charge is 2.24. The fourth-order valence-corrected chi connectivity index (χ4v) is 2.97. The number of benzene rings is 1. The average Bonchev–Trinajstić information content (AvgIpc) is 2.65. The number of fused-ring (bicyclic) bond motifs is 1. The fraction of sp³-hybridized carbons (Fsp3) is 0.412. The van der Waals surface area contributed by atoms with Crippen LogP contribution in [-0.2, 0) is 6.54 Å². The zero-order valence-electron chi connectivity index (χ0n) is 13.4. The number of para-hydroxylation sites is 1. The van der Waals surface area contributed by atoms with Crippen LogP contribution in [-0.4, -0.2) is 36.2 Å². The standard InChI is InChI=1S/C17H22N4O/c1-4-22-17-9-16(18-12-19-17)21-11-14-7-5-6-8-15(14)20(3)10-13(21)2/h5-9,12-13H,4,10-11H2,1-3H3. The number of aromatic nitrogens is 2. The SMILES string of the molecule is CCOc1cc(N2Cc3ccccc3N(C)CC2C)ncn1. The number of ether oxygens (including phenoxy) is 1. The molecule has 22 heavy (non-hydrogen) atoms. The second-order valence-corrected chi connectivity index (χ2v) is 5.63. The van der Waals surface area contributed by atoms with Gasteiger partial charge in [-0.25, -0.2) is 9.97 Å².